The van der Waals surface area contributed by atoms with E-state index in [-0.39, 0.29) is 11.5 Å². The number of nitrogens with one attached hydrogen (secondary N) is 2. The second-order valence-electron chi connectivity index (χ2n) is 4.12. The number of aromatic amines is 1. The van der Waals surface area contributed by atoms with Crippen molar-refractivity contribution in [2.45, 2.75) is 46.1 Å². The lowest BCUT2D eigenvalue weighted by Crippen LogP contribution is -2.19. The van der Waals surface area contributed by atoms with E-state index in [9.17, 15) is 4.79 Å². The molecule has 0 aromatic carbocycles. The van der Waals surface area contributed by atoms with Crippen LogP contribution in [0.3, 0.4) is 0 Å². The highest BCUT2D eigenvalue weighted by Gasteiger charge is 2.06. The molecule has 0 spiro atoms. The molecule has 0 saturated carbocycles. The molecule has 0 saturated heterocycles. The Balaban J connectivity index is 2.94. The van der Waals surface area contributed by atoms with Crippen LogP contribution in [-0.2, 0) is 0 Å². The maximum atomic E-state index is 11.3. The van der Waals surface area contributed by atoms with Crippen LogP contribution in [0.5, 0.6) is 0 Å². The van der Waals surface area contributed by atoms with E-state index < -0.39 is 0 Å². The second kappa shape index (κ2) is 4.96. The van der Waals surface area contributed by atoms with Crippen molar-refractivity contribution in [1.29, 1.82) is 0 Å². The minimum Gasteiger partial charge on any atom is -0.367 e. The zero-order valence-electron chi connectivity index (χ0n) is 9.79. The van der Waals surface area contributed by atoms with Gasteiger partial charge in [-0.25, -0.2) is 4.98 Å². The Kier molecular flexibility index (Phi) is 3.88. The Morgan fingerprint density at radius 3 is 2.67 bits per heavy atom. The molecule has 4 heteroatoms. The summed E-state index contributed by atoms with van der Waals surface area (Å²) in [6, 6.07) is 1.83. The number of hydrogen-bond donors (Lipinski definition) is 2. The molecule has 0 aliphatic carbocycles. The number of hydrogen-bond acceptors (Lipinski definition) is 3. The molecule has 2 N–H and O–H groups in total. The molecule has 15 heavy (non-hydrogen) atoms. The van der Waals surface area contributed by atoms with Crippen molar-refractivity contribution in [1.82, 2.24) is 9.97 Å². The Morgan fingerprint density at radius 1 is 1.47 bits per heavy atom. The van der Waals surface area contributed by atoms with Crippen LogP contribution in [0.2, 0.25) is 0 Å². The number of nitrogens with zero attached hydrogens (tertiary/aromatic N) is 1. The summed E-state index contributed by atoms with van der Waals surface area (Å²) in [4.78, 5) is 18.4. The van der Waals surface area contributed by atoms with Crippen molar-refractivity contribution in [2.24, 2.45) is 0 Å². The van der Waals surface area contributed by atoms with E-state index in [2.05, 4.69) is 29.1 Å². The fraction of sp³-hybridized carbons (Fsp3) is 0.636. The van der Waals surface area contributed by atoms with Gasteiger partial charge in [-0.1, -0.05) is 20.8 Å². The van der Waals surface area contributed by atoms with Crippen molar-refractivity contribution in [3.8, 4) is 0 Å². The monoisotopic (exact) mass is 209 g/mol. The van der Waals surface area contributed by atoms with E-state index >= 15 is 0 Å². The molecule has 1 aromatic rings. The molecule has 1 unspecified atom stereocenters. The third-order valence-electron chi connectivity index (χ3n) is 2.31. The van der Waals surface area contributed by atoms with Gasteiger partial charge in [-0.2, -0.15) is 0 Å². The van der Waals surface area contributed by atoms with Crippen LogP contribution < -0.4 is 10.9 Å². The fourth-order valence-corrected chi connectivity index (χ4v) is 1.18. The van der Waals surface area contributed by atoms with Crippen molar-refractivity contribution in [3.63, 3.8) is 0 Å². The van der Waals surface area contributed by atoms with Crippen LogP contribution in [0.4, 0.5) is 5.82 Å². The second-order valence-corrected chi connectivity index (χ2v) is 4.12. The predicted octanol–water partition coefficient (Wildman–Crippen LogP) is 2.10. The highest BCUT2D eigenvalue weighted by atomic mass is 16.1. The van der Waals surface area contributed by atoms with Gasteiger partial charge >= 0.3 is 0 Å². The quantitative estimate of drug-likeness (QED) is 0.798. The third-order valence-corrected chi connectivity index (χ3v) is 2.31. The Morgan fingerprint density at radius 2 is 2.13 bits per heavy atom. The van der Waals surface area contributed by atoms with Crippen LogP contribution in [0.15, 0.2) is 10.9 Å². The Labute approximate surface area is 90.1 Å². The van der Waals surface area contributed by atoms with E-state index in [0.717, 1.165) is 12.2 Å². The number of rotatable bonds is 4. The lowest BCUT2D eigenvalue weighted by molar-refractivity contribution is 0.737. The van der Waals surface area contributed by atoms with Crippen LogP contribution in [0.25, 0.3) is 0 Å². The molecule has 84 valence electrons. The summed E-state index contributed by atoms with van der Waals surface area (Å²) in [7, 11) is 0. The average molecular weight is 209 g/mol. The summed E-state index contributed by atoms with van der Waals surface area (Å²) >= 11 is 0. The van der Waals surface area contributed by atoms with Gasteiger partial charge in [-0.3, -0.25) is 4.79 Å². The van der Waals surface area contributed by atoms with Gasteiger partial charge in [0.25, 0.3) is 5.56 Å². The van der Waals surface area contributed by atoms with Crippen LogP contribution in [0, 0.1) is 0 Å². The van der Waals surface area contributed by atoms with Gasteiger partial charge in [-0.05, 0) is 13.3 Å². The first-order chi connectivity index (χ1) is 7.02. The standard InChI is InChI=1S/C11H19N3O/c1-5-8(4)12-9-6-10(15)14-11(13-9)7(2)3/h6-8H,5H2,1-4H3,(H2,12,13,14,15). The molecular weight excluding hydrogens is 190 g/mol. The van der Waals surface area contributed by atoms with Gasteiger partial charge in [-0.15, -0.1) is 0 Å². The van der Waals surface area contributed by atoms with Crippen molar-refractivity contribution >= 4 is 5.82 Å². The zero-order valence-corrected chi connectivity index (χ0v) is 9.79. The first-order valence-corrected chi connectivity index (χ1v) is 5.40. The van der Waals surface area contributed by atoms with Crippen LogP contribution in [0.1, 0.15) is 45.9 Å². The topological polar surface area (TPSA) is 57.8 Å². The molecule has 1 rings (SSSR count). The summed E-state index contributed by atoms with van der Waals surface area (Å²) < 4.78 is 0. The SMILES string of the molecule is CCC(C)Nc1cc(=O)[nH]c(C(C)C)n1. The summed E-state index contributed by atoms with van der Waals surface area (Å²) in [6.45, 7) is 8.17. The lowest BCUT2D eigenvalue weighted by Gasteiger charge is -2.13. The molecule has 0 bridgehead atoms. The van der Waals surface area contributed by atoms with E-state index in [4.69, 9.17) is 0 Å². The molecule has 0 aliphatic rings. The molecule has 0 amide bonds. The molecule has 0 fully saturated rings. The van der Waals surface area contributed by atoms with Gasteiger partial charge in [0.15, 0.2) is 0 Å². The molecular formula is C11H19N3O. The summed E-state index contributed by atoms with van der Waals surface area (Å²) in [5.74, 6) is 1.63. The maximum Gasteiger partial charge on any atom is 0.252 e. The maximum absolute atomic E-state index is 11.3. The van der Waals surface area contributed by atoms with Gasteiger partial charge in [0, 0.05) is 18.0 Å². The van der Waals surface area contributed by atoms with Gasteiger partial charge < -0.3 is 10.3 Å². The van der Waals surface area contributed by atoms with Crippen molar-refractivity contribution in [2.75, 3.05) is 5.32 Å². The highest BCUT2D eigenvalue weighted by Crippen LogP contribution is 2.10. The molecule has 4 nitrogen and oxygen atoms in total. The number of H-pyrrole nitrogens is 1. The van der Waals surface area contributed by atoms with Gasteiger partial charge in [0.05, 0.1) is 0 Å². The summed E-state index contributed by atoms with van der Waals surface area (Å²) in [5, 5.41) is 3.20. The third kappa shape index (κ3) is 3.38. The molecule has 0 aliphatic heterocycles. The van der Waals surface area contributed by atoms with E-state index in [0.29, 0.717) is 11.9 Å². The largest absolute Gasteiger partial charge is 0.367 e. The van der Waals surface area contributed by atoms with E-state index in [1.54, 1.807) is 0 Å². The number of aromatic nitrogens is 2. The molecule has 1 aromatic heterocycles. The lowest BCUT2D eigenvalue weighted by atomic mass is 10.2. The Hall–Kier alpha value is -1.32. The number of anilines is 1. The molecule has 1 atom stereocenters. The minimum atomic E-state index is -0.0977. The molecule has 1 heterocycles. The van der Waals surface area contributed by atoms with Crippen LogP contribution >= 0.6 is 0 Å². The Bertz CT molecular complexity index is 370. The fourth-order valence-electron chi connectivity index (χ4n) is 1.18. The summed E-state index contributed by atoms with van der Waals surface area (Å²) in [5.41, 5.74) is -0.0977. The van der Waals surface area contributed by atoms with Crippen molar-refractivity contribution < 1.29 is 0 Å². The predicted molar refractivity (Wildman–Crippen MR) is 62.3 cm³/mol. The summed E-state index contributed by atoms with van der Waals surface area (Å²) in [6.07, 6.45) is 1.01. The van der Waals surface area contributed by atoms with Crippen LogP contribution in [-0.4, -0.2) is 16.0 Å². The zero-order chi connectivity index (χ0) is 11.4. The van der Waals surface area contributed by atoms with Crippen molar-refractivity contribution in [3.05, 3.63) is 22.2 Å². The average Bonchev–Trinajstić information content (AvgIpc) is 2.16. The molecule has 0 radical (unpaired) electrons. The van der Waals surface area contributed by atoms with Gasteiger partial charge in [0.1, 0.15) is 11.6 Å². The first kappa shape index (κ1) is 11.8. The first-order valence-electron chi connectivity index (χ1n) is 5.40. The van der Waals surface area contributed by atoms with Gasteiger partial charge in [0.2, 0.25) is 0 Å². The van der Waals surface area contributed by atoms with E-state index in [1.165, 1.54) is 6.07 Å². The van der Waals surface area contributed by atoms with E-state index in [1.807, 2.05) is 13.8 Å². The smallest absolute Gasteiger partial charge is 0.252 e. The minimum absolute atomic E-state index is 0.0977. The normalized spacial score (nSPS) is 12.9. The highest BCUT2D eigenvalue weighted by molar-refractivity contribution is 5.34.